The highest BCUT2D eigenvalue weighted by Crippen LogP contribution is 2.25. The van der Waals surface area contributed by atoms with Crippen molar-refractivity contribution in [2.75, 3.05) is 52.1 Å². The highest BCUT2D eigenvalue weighted by atomic mass is 32.2. The van der Waals surface area contributed by atoms with Crippen LogP contribution >= 0.6 is 0 Å². The lowest BCUT2D eigenvalue weighted by Crippen LogP contribution is -2.56. The fourth-order valence-corrected chi connectivity index (χ4v) is 4.97. The van der Waals surface area contributed by atoms with E-state index in [0.29, 0.717) is 31.5 Å². The molecule has 21 heavy (non-hydrogen) atoms. The molecule has 0 radical (unpaired) electrons. The molecule has 0 aromatic carbocycles. The number of sulfonamides is 1. The topological polar surface area (TPSA) is 43.9 Å². The number of rotatable bonds is 5. The average Bonchev–Trinajstić information content (AvgIpc) is 2.46. The van der Waals surface area contributed by atoms with Crippen LogP contribution in [-0.2, 0) is 10.0 Å². The van der Waals surface area contributed by atoms with Crippen molar-refractivity contribution in [3.8, 4) is 0 Å². The van der Waals surface area contributed by atoms with Crippen LogP contribution in [0.2, 0.25) is 0 Å². The van der Waals surface area contributed by atoms with Crippen LogP contribution < -0.4 is 0 Å². The number of likely N-dealkylation sites (N-methyl/N-ethyl adjacent to an activating group) is 1. The highest BCUT2D eigenvalue weighted by molar-refractivity contribution is 7.89. The first-order chi connectivity index (χ1) is 9.94. The van der Waals surface area contributed by atoms with E-state index in [0.717, 1.165) is 32.6 Å². The molecule has 2 rings (SSSR count). The van der Waals surface area contributed by atoms with Crippen molar-refractivity contribution in [3.05, 3.63) is 12.7 Å². The van der Waals surface area contributed by atoms with Crippen LogP contribution in [0.1, 0.15) is 19.8 Å². The van der Waals surface area contributed by atoms with Crippen LogP contribution in [0.5, 0.6) is 0 Å². The summed E-state index contributed by atoms with van der Waals surface area (Å²) in [5.74, 6) is 0.600. The van der Waals surface area contributed by atoms with Gasteiger partial charge in [-0.3, -0.25) is 4.90 Å². The van der Waals surface area contributed by atoms with E-state index in [9.17, 15) is 8.42 Å². The van der Waals surface area contributed by atoms with Crippen molar-refractivity contribution in [3.63, 3.8) is 0 Å². The van der Waals surface area contributed by atoms with Crippen LogP contribution in [0.25, 0.3) is 0 Å². The minimum absolute atomic E-state index is 0.197. The molecule has 2 fully saturated rings. The summed E-state index contributed by atoms with van der Waals surface area (Å²) >= 11 is 0. The third-order valence-electron chi connectivity index (χ3n) is 4.80. The first-order valence-corrected chi connectivity index (χ1v) is 9.56. The molecule has 2 heterocycles. The van der Waals surface area contributed by atoms with Crippen LogP contribution in [-0.4, -0.2) is 80.6 Å². The third-order valence-corrected chi connectivity index (χ3v) is 6.67. The predicted molar refractivity (Wildman–Crippen MR) is 86.8 cm³/mol. The molecule has 0 spiro atoms. The van der Waals surface area contributed by atoms with E-state index in [1.807, 2.05) is 0 Å². The van der Waals surface area contributed by atoms with E-state index in [2.05, 4.69) is 30.4 Å². The smallest absolute Gasteiger partial charge is 0.214 e. The van der Waals surface area contributed by atoms with Gasteiger partial charge in [0.1, 0.15) is 0 Å². The summed E-state index contributed by atoms with van der Waals surface area (Å²) in [6.07, 6.45) is 3.17. The predicted octanol–water partition coefficient (Wildman–Crippen LogP) is 0.850. The van der Waals surface area contributed by atoms with Crippen molar-refractivity contribution in [1.29, 1.82) is 0 Å². The molecule has 0 N–H and O–H groups in total. The second kappa shape index (κ2) is 7.22. The molecule has 0 amide bonds. The molecule has 0 aliphatic carbocycles. The summed E-state index contributed by atoms with van der Waals surface area (Å²) in [4.78, 5) is 4.91. The summed E-state index contributed by atoms with van der Waals surface area (Å²) in [6.45, 7) is 11.6. The average molecular weight is 315 g/mol. The number of allylic oxidation sites excluding steroid dienone is 1. The molecular formula is C15H29N3O2S. The van der Waals surface area contributed by atoms with Gasteiger partial charge >= 0.3 is 0 Å². The molecule has 122 valence electrons. The van der Waals surface area contributed by atoms with E-state index in [1.54, 1.807) is 10.4 Å². The largest absolute Gasteiger partial charge is 0.304 e. The quantitative estimate of drug-likeness (QED) is 0.706. The monoisotopic (exact) mass is 315 g/mol. The lowest BCUT2D eigenvalue weighted by Gasteiger charge is -2.45. The Balaban J connectivity index is 1.91. The van der Waals surface area contributed by atoms with Crippen molar-refractivity contribution in [1.82, 2.24) is 14.1 Å². The maximum Gasteiger partial charge on any atom is 0.214 e. The van der Waals surface area contributed by atoms with Crippen molar-refractivity contribution < 1.29 is 8.42 Å². The van der Waals surface area contributed by atoms with Gasteiger partial charge in [-0.1, -0.05) is 13.0 Å². The molecule has 2 atom stereocenters. The first-order valence-electron chi connectivity index (χ1n) is 7.95. The summed E-state index contributed by atoms with van der Waals surface area (Å²) in [5.41, 5.74) is 0. The number of nitrogens with zero attached hydrogens (tertiary/aromatic N) is 3. The molecule has 2 aliphatic rings. The van der Waals surface area contributed by atoms with Gasteiger partial charge in [0.05, 0.1) is 5.75 Å². The molecule has 0 aromatic rings. The van der Waals surface area contributed by atoms with Gasteiger partial charge in [-0.2, -0.15) is 0 Å². The minimum Gasteiger partial charge on any atom is -0.304 e. The van der Waals surface area contributed by atoms with Crippen molar-refractivity contribution in [2.24, 2.45) is 5.92 Å². The van der Waals surface area contributed by atoms with Gasteiger partial charge in [-0.05, 0) is 25.8 Å². The Hall–Kier alpha value is -0.430. The van der Waals surface area contributed by atoms with E-state index < -0.39 is 10.0 Å². The second-order valence-corrected chi connectivity index (χ2v) is 8.51. The maximum atomic E-state index is 12.3. The SMILES string of the molecule is C=CCCS(=O)(=O)N1CC[C@@H](N2CCN(C)CC2)[C@@H](C)C1. The van der Waals surface area contributed by atoms with Gasteiger partial charge in [0.25, 0.3) is 0 Å². The Morgan fingerprint density at radius 3 is 2.43 bits per heavy atom. The number of hydrogen-bond acceptors (Lipinski definition) is 4. The summed E-state index contributed by atoms with van der Waals surface area (Å²) < 4.78 is 26.2. The Bertz CT molecular complexity index is 444. The molecule has 0 unspecified atom stereocenters. The van der Waals surface area contributed by atoms with E-state index in [-0.39, 0.29) is 5.75 Å². The minimum atomic E-state index is -3.11. The Kier molecular flexibility index (Phi) is 5.82. The summed E-state index contributed by atoms with van der Waals surface area (Å²) in [6, 6.07) is 0.532. The first kappa shape index (κ1) is 16.9. The molecule has 0 saturated carbocycles. The van der Waals surface area contributed by atoms with Gasteiger partial charge < -0.3 is 4.90 Å². The Labute approximate surface area is 129 Å². The van der Waals surface area contributed by atoms with Gasteiger partial charge in [0.2, 0.25) is 10.0 Å². The van der Waals surface area contributed by atoms with Crippen LogP contribution in [0.4, 0.5) is 0 Å². The Morgan fingerprint density at radius 2 is 1.86 bits per heavy atom. The standard InChI is InChI=1S/C15H29N3O2S/c1-4-5-12-21(19,20)18-7-6-15(14(2)13-18)17-10-8-16(3)9-11-17/h4,14-15H,1,5-13H2,2-3H3/t14-,15+/m0/s1. The Morgan fingerprint density at radius 1 is 1.19 bits per heavy atom. The number of hydrogen-bond donors (Lipinski definition) is 0. The number of piperidine rings is 1. The molecule has 2 aliphatic heterocycles. The van der Waals surface area contributed by atoms with Crippen LogP contribution in [0.15, 0.2) is 12.7 Å². The fraction of sp³-hybridized carbons (Fsp3) is 0.867. The normalized spacial score (nSPS) is 30.4. The van der Waals surface area contributed by atoms with Gasteiger partial charge in [0.15, 0.2) is 0 Å². The van der Waals surface area contributed by atoms with E-state index in [4.69, 9.17) is 0 Å². The zero-order valence-corrected chi connectivity index (χ0v) is 14.2. The fourth-order valence-electron chi connectivity index (χ4n) is 3.40. The van der Waals surface area contributed by atoms with Crippen LogP contribution in [0, 0.1) is 5.92 Å². The zero-order valence-electron chi connectivity index (χ0n) is 13.4. The maximum absolute atomic E-state index is 12.3. The van der Waals surface area contributed by atoms with Gasteiger partial charge in [0, 0.05) is 45.3 Å². The van der Waals surface area contributed by atoms with Gasteiger partial charge in [-0.15, -0.1) is 6.58 Å². The van der Waals surface area contributed by atoms with Crippen molar-refractivity contribution >= 4 is 10.0 Å². The number of piperazine rings is 1. The van der Waals surface area contributed by atoms with E-state index in [1.165, 1.54) is 0 Å². The summed E-state index contributed by atoms with van der Waals surface area (Å²) in [7, 11) is -0.944. The second-order valence-electron chi connectivity index (χ2n) is 6.42. The molecule has 2 saturated heterocycles. The van der Waals surface area contributed by atoms with Crippen molar-refractivity contribution in [2.45, 2.75) is 25.8 Å². The molecular weight excluding hydrogens is 286 g/mol. The molecule has 0 bridgehead atoms. The molecule has 6 heteroatoms. The van der Waals surface area contributed by atoms with E-state index >= 15 is 0 Å². The van der Waals surface area contributed by atoms with Crippen LogP contribution in [0.3, 0.4) is 0 Å². The highest BCUT2D eigenvalue weighted by Gasteiger charge is 2.35. The van der Waals surface area contributed by atoms with Gasteiger partial charge in [-0.25, -0.2) is 12.7 Å². The third kappa shape index (κ3) is 4.28. The zero-order chi connectivity index (χ0) is 15.5. The molecule has 5 nitrogen and oxygen atoms in total. The summed E-state index contributed by atoms with van der Waals surface area (Å²) in [5, 5.41) is 0. The molecule has 0 aromatic heterocycles. The lowest BCUT2D eigenvalue weighted by molar-refractivity contribution is 0.0538. The lowest BCUT2D eigenvalue weighted by atomic mass is 9.93.